The van der Waals surface area contributed by atoms with Crippen LogP contribution in [0.25, 0.3) is 5.69 Å². The summed E-state index contributed by atoms with van der Waals surface area (Å²) in [7, 11) is -3.87. The van der Waals surface area contributed by atoms with E-state index in [-0.39, 0.29) is 10.8 Å². The van der Waals surface area contributed by atoms with E-state index in [0.29, 0.717) is 17.3 Å². The number of rotatable bonds is 8. The number of benzene rings is 3. The van der Waals surface area contributed by atoms with E-state index in [2.05, 4.69) is 15.5 Å². The minimum Gasteiger partial charge on any atom is -0.325 e. The molecule has 3 N–H and O–H groups in total. The number of carbonyl (C=O) groups is 1. The third kappa shape index (κ3) is 5.71. The standard InChI is InChI=1S/C24H23N5O3S2/c1-17(23(30)26-19-11-8-14-21(16-19)34(25,31)32)33-24-28-27-22(15-18-9-4-2-5-10-18)29(24)20-12-6-3-7-13-20/h2-14,16-17H,15H2,1H3,(H,26,30)(H2,25,31,32). The molecule has 0 spiro atoms. The van der Waals surface area contributed by atoms with Crippen LogP contribution in [0.2, 0.25) is 0 Å². The van der Waals surface area contributed by atoms with Crippen LogP contribution in [0.1, 0.15) is 18.3 Å². The lowest BCUT2D eigenvalue weighted by molar-refractivity contribution is -0.115. The molecule has 174 valence electrons. The molecule has 4 aromatic rings. The van der Waals surface area contributed by atoms with Crippen molar-refractivity contribution in [3.63, 3.8) is 0 Å². The molecule has 34 heavy (non-hydrogen) atoms. The summed E-state index contributed by atoms with van der Waals surface area (Å²) >= 11 is 1.27. The van der Waals surface area contributed by atoms with E-state index >= 15 is 0 Å². The second kappa shape index (κ2) is 10.2. The van der Waals surface area contributed by atoms with Crippen LogP contribution in [-0.2, 0) is 21.2 Å². The molecule has 0 saturated carbocycles. The van der Waals surface area contributed by atoms with Crippen molar-refractivity contribution in [2.75, 3.05) is 5.32 Å². The van der Waals surface area contributed by atoms with Crippen molar-refractivity contribution in [1.29, 1.82) is 0 Å². The molecule has 1 atom stereocenters. The number of hydrogen-bond acceptors (Lipinski definition) is 6. The topological polar surface area (TPSA) is 120 Å². The predicted molar refractivity (Wildman–Crippen MR) is 132 cm³/mol. The Labute approximate surface area is 202 Å². The number of primary sulfonamides is 1. The zero-order valence-electron chi connectivity index (χ0n) is 18.3. The summed E-state index contributed by atoms with van der Waals surface area (Å²) in [6, 6.07) is 25.5. The molecule has 0 aliphatic heterocycles. The van der Waals surface area contributed by atoms with Crippen LogP contribution in [0.5, 0.6) is 0 Å². The number of nitrogens with two attached hydrogens (primary N) is 1. The first kappa shape index (κ1) is 23.7. The van der Waals surface area contributed by atoms with Crippen molar-refractivity contribution in [3.05, 3.63) is 96.3 Å². The second-order valence-corrected chi connectivity index (χ2v) is 10.4. The van der Waals surface area contributed by atoms with Crippen LogP contribution in [0.3, 0.4) is 0 Å². The minimum atomic E-state index is -3.87. The highest BCUT2D eigenvalue weighted by molar-refractivity contribution is 8.00. The molecule has 1 unspecified atom stereocenters. The third-order valence-electron chi connectivity index (χ3n) is 5.00. The zero-order chi connectivity index (χ0) is 24.1. The molecule has 4 rings (SSSR count). The first-order valence-corrected chi connectivity index (χ1v) is 12.9. The number of hydrogen-bond donors (Lipinski definition) is 2. The van der Waals surface area contributed by atoms with Crippen LogP contribution in [0.15, 0.2) is 95.0 Å². The second-order valence-electron chi connectivity index (χ2n) is 7.55. The van der Waals surface area contributed by atoms with E-state index in [4.69, 9.17) is 5.14 Å². The van der Waals surface area contributed by atoms with Crippen molar-refractivity contribution in [3.8, 4) is 5.69 Å². The maximum absolute atomic E-state index is 12.9. The van der Waals surface area contributed by atoms with Crippen LogP contribution in [0, 0.1) is 0 Å². The molecule has 0 fully saturated rings. The van der Waals surface area contributed by atoms with Crippen LogP contribution in [0.4, 0.5) is 5.69 Å². The third-order valence-corrected chi connectivity index (χ3v) is 6.96. The number of nitrogens with one attached hydrogen (secondary N) is 1. The van der Waals surface area contributed by atoms with E-state index in [1.807, 2.05) is 65.2 Å². The fourth-order valence-corrected chi connectivity index (χ4v) is 4.76. The van der Waals surface area contributed by atoms with Gasteiger partial charge in [0.05, 0.1) is 10.1 Å². The van der Waals surface area contributed by atoms with Gasteiger partial charge in [-0.05, 0) is 42.8 Å². The Kier molecular flexibility index (Phi) is 7.11. The SMILES string of the molecule is CC(Sc1nnc(Cc2ccccc2)n1-c1ccccc1)C(=O)Nc1cccc(S(N)(=O)=O)c1. The molecule has 0 saturated heterocycles. The highest BCUT2D eigenvalue weighted by Crippen LogP contribution is 2.27. The zero-order valence-corrected chi connectivity index (χ0v) is 20.0. The largest absolute Gasteiger partial charge is 0.325 e. The van der Waals surface area contributed by atoms with E-state index in [1.54, 1.807) is 13.0 Å². The fraction of sp³-hybridized carbons (Fsp3) is 0.125. The molecular weight excluding hydrogens is 470 g/mol. The summed E-state index contributed by atoms with van der Waals surface area (Å²) in [5, 5.41) is 16.7. The fourth-order valence-electron chi connectivity index (χ4n) is 3.31. The van der Waals surface area contributed by atoms with Crippen molar-refractivity contribution in [2.45, 2.75) is 28.6 Å². The number of anilines is 1. The maximum Gasteiger partial charge on any atom is 0.238 e. The lowest BCUT2D eigenvalue weighted by atomic mass is 10.1. The van der Waals surface area contributed by atoms with Crippen LogP contribution in [-0.4, -0.2) is 34.3 Å². The summed E-state index contributed by atoms with van der Waals surface area (Å²) in [6.07, 6.45) is 0.588. The smallest absolute Gasteiger partial charge is 0.238 e. The lowest BCUT2D eigenvalue weighted by Gasteiger charge is -2.14. The lowest BCUT2D eigenvalue weighted by Crippen LogP contribution is -2.23. The molecule has 0 bridgehead atoms. The molecule has 1 aromatic heterocycles. The predicted octanol–water partition coefficient (Wildman–Crippen LogP) is 3.62. The molecule has 1 heterocycles. The van der Waals surface area contributed by atoms with Gasteiger partial charge in [0, 0.05) is 17.8 Å². The molecule has 1 amide bonds. The summed E-state index contributed by atoms with van der Waals surface area (Å²) in [5.74, 6) is 0.456. The van der Waals surface area contributed by atoms with Gasteiger partial charge in [-0.1, -0.05) is 66.4 Å². The Balaban J connectivity index is 1.56. The Morgan fingerprint density at radius 3 is 2.35 bits per heavy atom. The summed E-state index contributed by atoms with van der Waals surface area (Å²) in [6.45, 7) is 1.75. The van der Waals surface area contributed by atoms with E-state index < -0.39 is 15.3 Å². The monoisotopic (exact) mass is 493 g/mol. The van der Waals surface area contributed by atoms with Gasteiger partial charge in [-0.25, -0.2) is 13.6 Å². The average molecular weight is 494 g/mol. The van der Waals surface area contributed by atoms with Crippen molar-refractivity contribution < 1.29 is 13.2 Å². The number of para-hydroxylation sites is 1. The quantitative estimate of drug-likeness (QED) is 0.362. The first-order chi connectivity index (χ1) is 16.3. The van der Waals surface area contributed by atoms with Gasteiger partial charge in [0.25, 0.3) is 0 Å². The number of carbonyl (C=O) groups excluding carboxylic acids is 1. The number of sulfonamides is 1. The first-order valence-electron chi connectivity index (χ1n) is 10.5. The Hall–Kier alpha value is -3.47. The molecular formula is C24H23N5O3S2. The Morgan fingerprint density at radius 1 is 1.00 bits per heavy atom. The highest BCUT2D eigenvalue weighted by Gasteiger charge is 2.22. The minimum absolute atomic E-state index is 0.0695. The van der Waals surface area contributed by atoms with Crippen LogP contribution >= 0.6 is 11.8 Å². The summed E-state index contributed by atoms with van der Waals surface area (Å²) < 4.78 is 25.1. The van der Waals surface area contributed by atoms with Gasteiger partial charge in [0.15, 0.2) is 5.16 Å². The highest BCUT2D eigenvalue weighted by atomic mass is 32.2. The number of aromatic nitrogens is 3. The average Bonchev–Trinajstić information content (AvgIpc) is 3.21. The Morgan fingerprint density at radius 2 is 1.68 bits per heavy atom. The van der Waals surface area contributed by atoms with Crippen molar-refractivity contribution >= 4 is 33.4 Å². The van der Waals surface area contributed by atoms with Crippen LogP contribution < -0.4 is 10.5 Å². The maximum atomic E-state index is 12.9. The van der Waals surface area contributed by atoms with Gasteiger partial charge in [-0.3, -0.25) is 9.36 Å². The summed E-state index contributed by atoms with van der Waals surface area (Å²) in [5.41, 5.74) is 2.34. The van der Waals surface area contributed by atoms with Gasteiger partial charge < -0.3 is 5.32 Å². The number of thioether (sulfide) groups is 1. The van der Waals surface area contributed by atoms with Gasteiger partial charge >= 0.3 is 0 Å². The molecule has 0 aliphatic rings. The molecule has 0 aliphatic carbocycles. The van der Waals surface area contributed by atoms with Gasteiger partial charge in [-0.15, -0.1) is 10.2 Å². The molecule has 3 aromatic carbocycles. The van der Waals surface area contributed by atoms with E-state index in [9.17, 15) is 13.2 Å². The van der Waals surface area contributed by atoms with Crippen molar-refractivity contribution in [1.82, 2.24) is 14.8 Å². The van der Waals surface area contributed by atoms with Gasteiger partial charge in [0.1, 0.15) is 5.82 Å². The number of amides is 1. The Bertz CT molecular complexity index is 1390. The van der Waals surface area contributed by atoms with E-state index in [0.717, 1.165) is 17.1 Å². The molecule has 0 radical (unpaired) electrons. The van der Waals surface area contributed by atoms with Gasteiger partial charge in [0.2, 0.25) is 15.9 Å². The number of nitrogens with zero attached hydrogens (tertiary/aromatic N) is 3. The normalized spacial score (nSPS) is 12.3. The summed E-state index contributed by atoms with van der Waals surface area (Å²) in [4.78, 5) is 12.8. The van der Waals surface area contributed by atoms with Crippen molar-refractivity contribution in [2.24, 2.45) is 5.14 Å². The molecule has 10 heteroatoms. The van der Waals surface area contributed by atoms with E-state index in [1.165, 1.54) is 30.0 Å². The molecule has 8 nitrogen and oxygen atoms in total. The van der Waals surface area contributed by atoms with Gasteiger partial charge in [-0.2, -0.15) is 0 Å².